The number of carbonyl (C=O) groups excluding carboxylic acids is 2. The van der Waals surface area contributed by atoms with Crippen LogP contribution in [-0.4, -0.2) is 49.4 Å². The number of nitrogens with one attached hydrogen (secondary N) is 2. The van der Waals surface area contributed by atoms with Crippen molar-refractivity contribution in [1.29, 1.82) is 0 Å². The molecule has 1 aromatic rings. The van der Waals surface area contributed by atoms with E-state index in [1.165, 1.54) is 12.8 Å². The van der Waals surface area contributed by atoms with Crippen molar-refractivity contribution in [2.24, 2.45) is 0 Å². The van der Waals surface area contributed by atoms with Crippen LogP contribution in [0.2, 0.25) is 0 Å². The molecule has 1 heterocycles. The molecule has 20 heavy (non-hydrogen) atoms. The number of hydrogen-bond donors (Lipinski definition) is 2. The first-order valence-corrected chi connectivity index (χ1v) is 7.08. The van der Waals surface area contributed by atoms with Crippen molar-refractivity contribution < 1.29 is 9.59 Å². The fraction of sp³-hybridized carbons (Fsp3) is 0.467. The van der Waals surface area contributed by atoms with E-state index in [-0.39, 0.29) is 11.8 Å². The lowest BCUT2D eigenvalue weighted by Gasteiger charge is -2.14. The molecule has 2 amide bonds. The molecule has 0 aromatic heterocycles. The molecule has 1 fully saturated rings. The van der Waals surface area contributed by atoms with Crippen LogP contribution in [0, 0.1) is 0 Å². The number of hydrogen-bond acceptors (Lipinski definition) is 3. The zero-order valence-corrected chi connectivity index (χ0v) is 11.6. The molecule has 1 saturated heterocycles. The second-order valence-electron chi connectivity index (χ2n) is 4.96. The maximum absolute atomic E-state index is 11.7. The number of amides is 2. The molecule has 1 aliphatic rings. The maximum Gasteiger partial charge on any atom is 0.251 e. The smallest absolute Gasteiger partial charge is 0.251 e. The molecule has 0 saturated carbocycles. The maximum atomic E-state index is 11.7. The Bertz CT molecular complexity index is 442. The van der Waals surface area contributed by atoms with Crippen LogP contribution in [-0.2, 0) is 4.79 Å². The van der Waals surface area contributed by atoms with Gasteiger partial charge < -0.3 is 10.6 Å². The standard InChI is InChI=1S/C15H21N3O2/c19-14(12-18-10-4-5-11-18)16-8-9-17-15(20)13-6-2-1-3-7-13/h1-3,6-7H,4-5,8-12H2,(H,16,19)(H,17,20). The summed E-state index contributed by atoms with van der Waals surface area (Å²) in [4.78, 5) is 25.5. The fourth-order valence-electron chi connectivity index (χ4n) is 2.27. The van der Waals surface area contributed by atoms with Gasteiger partial charge in [-0.3, -0.25) is 14.5 Å². The van der Waals surface area contributed by atoms with Gasteiger partial charge in [-0.2, -0.15) is 0 Å². The molecule has 108 valence electrons. The Balaban J connectivity index is 1.59. The van der Waals surface area contributed by atoms with Crippen LogP contribution in [0.15, 0.2) is 30.3 Å². The van der Waals surface area contributed by atoms with Gasteiger partial charge in [0.2, 0.25) is 5.91 Å². The van der Waals surface area contributed by atoms with E-state index < -0.39 is 0 Å². The van der Waals surface area contributed by atoms with E-state index in [0.717, 1.165) is 13.1 Å². The summed E-state index contributed by atoms with van der Waals surface area (Å²) in [5, 5.41) is 5.60. The molecule has 0 spiro atoms. The fourth-order valence-corrected chi connectivity index (χ4v) is 2.27. The zero-order chi connectivity index (χ0) is 14.2. The molecule has 2 N–H and O–H groups in total. The lowest BCUT2D eigenvalue weighted by Crippen LogP contribution is -2.39. The number of rotatable bonds is 6. The van der Waals surface area contributed by atoms with Gasteiger partial charge in [-0.05, 0) is 38.1 Å². The Hall–Kier alpha value is -1.88. The molecule has 0 atom stereocenters. The molecule has 0 bridgehead atoms. The van der Waals surface area contributed by atoms with Gasteiger partial charge in [0, 0.05) is 18.7 Å². The summed E-state index contributed by atoms with van der Waals surface area (Å²) in [6.45, 7) is 3.40. The minimum Gasteiger partial charge on any atom is -0.353 e. The summed E-state index contributed by atoms with van der Waals surface area (Å²) in [6, 6.07) is 9.05. The van der Waals surface area contributed by atoms with Gasteiger partial charge >= 0.3 is 0 Å². The van der Waals surface area contributed by atoms with Crippen LogP contribution in [0.3, 0.4) is 0 Å². The third kappa shape index (κ3) is 4.66. The third-order valence-electron chi connectivity index (χ3n) is 3.33. The minimum absolute atomic E-state index is 0.0286. The van der Waals surface area contributed by atoms with Gasteiger partial charge in [0.1, 0.15) is 0 Å². The summed E-state index contributed by atoms with van der Waals surface area (Å²) < 4.78 is 0. The molecule has 1 aliphatic heterocycles. The van der Waals surface area contributed by atoms with Crippen molar-refractivity contribution in [1.82, 2.24) is 15.5 Å². The highest BCUT2D eigenvalue weighted by atomic mass is 16.2. The van der Waals surface area contributed by atoms with Crippen molar-refractivity contribution in [3.8, 4) is 0 Å². The van der Waals surface area contributed by atoms with Crippen molar-refractivity contribution in [2.45, 2.75) is 12.8 Å². The average molecular weight is 275 g/mol. The van der Waals surface area contributed by atoms with Crippen molar-refractivity contribution in [3.63, 3.8) is 0 Å². The first-order chi connectivity index (χ1) is 9.75. The van der Waals surface area contributed by atoms with Crippen molar-refractivity contribution in [3.05, 3.63) is 35.9 Å². The first kappa shape index (κ1) is 14.5. The van der Waals surface area contributed by atoms with Gasteiger partial charge in [-0.1, -0.05) is 18.2 Å². The minimum atomic E-state index is -0.112. The summed E-state index contributed by atoms with van der Waals surface area (Å²) in [5.41, 5.74) is 0.635. The van der Waals surface area contributed by atoms with Gasteiger partial charge in [0.25, 0.3) is 5.91 Å². The topological polar surface area (TPSA) is 61.4 Å². The molecular weight excluding hydrogens is 254 g/mol. The highest BCUT2D eigenvalue weighted by Crippen LogP contribution is 2.05. The summed E-state index contributed by atoms with van der Waals surface area (Å²) in [6.07, 6.45) is 2.36. The molecule has 5 nitrogen and oxygen atoms in total. The predicted molar refractivity (Wildman–Crippen MR) is 77.5 cm³/mol. The largest absolute Gasteiger partial charge is 0.353 e. The Labute approximate surface area is 119 Å². The summed E-state index contributed by atoms with van der Waals surface area (Å²) in [5.74, 6) is -0.0831. The zero-order valence-electron chi connectivity index (χ0n) is 11.6. The van der Waals surface area contributed by atoms with Gasteiger partial charge in [-0.25, -0.2) is 0 Å². The Morgan fingerprint density at radius 2 is 1.65 bits per heavy atom. The molecule has 0 radical (unpaired) electrons. The second kappa shape index (κ2) is 7.65. The Kier molecular flexibility index (Phi) is 5.55. The number of nitrogens with zero attached hydrogens (tertiary/aromatic N) is 1. The van der Waals surface area contributed by atoms with Crippen LogP contribution < -0.4 is 10.6 Å². The molecular formula is C15H21N3O2. The molecule has 0 unspecified atom stereocenters. The second-order valence-corrected chi connectivity index (χ2v) is 4.96. The van der Waals surface area contributed by atoms with E-state index in [0.29, 0.717) is 25.2 Å². The van der Waals surface area contributed by atoms with E-state index in [1.54, 1.807) is 12.1 Å². The van der Waals surface area contributed by atoms with Crippen LogP contribution in [0.5, 0.6) is 0 Å². The molecule has 5 heteroatoms. The Morgan fingerprint density at radius 3 is 2.35 bits per heavy atom. The van der Waals surface area contributed by atoms with E-state index >= 15 is 0 Å². The quantitative estimate of drug-likeness (QED) is 0.749. The molecule has 2 rings (SSSR count). The highest BCUT2D eigenvalue weighted by Gasteiger charge is 2.14. The molecule has 0 aliphatic carbocycles. The van der Waals surface area contributed by atoms with Crippen LogP contribution in [0.1, 0.15) is 23.2 Å². The van der Waals surface area contributed by atoms with Crippen molar-refractivity contribution in [2.75, 3.05) is 32.7 Å². The third-order valence-corrected chi connectivity index (χ3v) is 3.33. The first-order valence-electron chi connectivity index (χ1n) is 7.08. The predicted octanol–water partition coefficient (Wildman–Crippen LogP) is 0.628. The Morgan fingerprint density at radius 1 is 1.00 bits per heavy atom. The molecule has 1 aromatic carbocycles. The number of carbonyl (C=O) groups is 2. The monoisotopic (exact) mass is 275 g/mol. The van der Waals surface area contributed by atoms with Gasteiger partial charge in [0.05, 0.1) is 6.54 Å². The van der Waals surface area contributed by atoms with E-state index in [9.17, 15) is 9.59 Å². The number of likely N-dealkylation sites (tertiary alicyclic amines) is 1. The van der Waals surface area contributed by atoms with Crippen LogP contribution in [0.25, 0.3) is 0 Å². The lowest BCUT2D eigenvalue weighted by molar-refractivity contribution is -0.121. The SMILES string of the molecule is O=C(CN1CCCC1)NCCNC(=O)c1ccccc1. The lowest BCUT2D eigenvalue weighted by atomic mass is 10.2. The van der Waals surface area contributed by atoms with Crippen LogP contribution >= 0.6 is 0 Å². The average Bonchev–Trinajstić information content (AvgIpc) is 2.97. The van der Waals surface area contributed by atoms with Crippen LogP contribution in [0.4, 0.5) is 0 Å². The highest BCUT2D eigenvalue weighted by molar-refractivity contribution is 5.94. The van der Waals surface area contributed by atoms with E-state index in [1.807, 2.05) is 18.2 Å². The number of benzene rings is 1. The van der Waals surface area contributed by atoms with Crippen molar-refractivity contribution >= 4 is 11.8 Å². The van der Waals surface area contributed by atoms with Gasteiger partial charge in [0.15, 0.2) is 0 Å². The summed E-state index contributed by atoms with van der Waals surface area (Å²) >= 11 is 0. The van der Waals surface area contributed by atoms with E-state index in [2.05, 4.69) is 15.5 Å². The van der Waals surface area contributed by atoms with E-state index in [4.69, 9.17) is 0 Å². The normalized spacial score (nSPS) is 15.0. The summed E-state index contributed by atoms with van der Waals surface area (Å²) in [7, 11) is 0. The van der Waals surface area contributed by atoms with Gasteiger partial charge in [-0.15, -0.1) is 0 Å².